The van der Waals surface area contributed by atoms with Gasteiger partial charge >= 0.3 is 0 Å². The molecule has 0 aromatic carbocycles. The van der Waals surface area contributed by atoms with Crippen LogP contribution in [0.3, 0.4) is 0 Å². The first-order valence-corrected chi connectivity index (χ1v) is 7.36. The first kappa shape index (κ1) is 12.3. The van der Waals surface area contributed by atoms with Gasteiger partial charge in [0.05, 0.1) is 9.75 Å². The van der Waals surface area contributed by atoms with E-state index >= 15 is 0 Å². The van der Waals surface area contributed by atoms with Gasteiger partial charge in [0.1, 0.15) is 4.34 Å². The van der Waals surface area contributed by atoms with Crippen molar-refractivity contribution in [3.05, 3.63) is 41.1 Å². The van der Waals surface area contributed by atoms with Crippen LogP contribution in [0.5, 0.6) is 0 Å². The Morgan fingerprint density at radius 3 is 2.31 bits per heavy atom. The molecule has 0 fully saturated rings. The minimum Gasteiger partial charge on any atom is -0.287 e. The highest BCUT2D eigenvalue weighted by molar-refractivity contribution is 9.10. The third-order valence-corrected chi connectivity index (χ3v) is 5.88. The summed E-state index contributed by atoms with van der Waals surface area (Å²) >= 11 is 12.1. The van der Waals surface area contributed by atoms with Crippen LogP contribution in [0.4, 0.5) is 0 Å². The lowest BCUT2D eigenvalue weighted by Gasteiger charge is -1.90. The number of carbonyl (C=O) groups excluding carboxylic acids is 1. The lowest BCUT2D eigenvalue weighted by atomic mass is 10.2. The van der Waals surface area contributed by atoms with Gasteiger partial charge in [-0.25, -0.2) is 0 Å². The summed E-state index contributed by atoms with van der Waals surface area (Å²) in [5.41, 5.74) is 1.16. The molecule has 0 saturated carbocycles. The van der Waals surface area contributed by atoms with Crippen LogP contribution in [0.2, 0.25) is 4.34 Å². The van der Waals surface area contributed by atoms with E-state index in [9.17, 15) is 4.79 Å². The Morgan fingerprint density at radius 1 is 1.25 bits per heavy atom. The van der Waals surface area contributed by atoms with Crippen molar-refractivity contribution in [1.29, 1.82) is 0 Å². The first-order chi connectivity index (χ1) is 7.49. The molecule has 5 heteroatoms. The minimum absolute atomic E-state index is 0.0544. The van der Waals surface area contributed by atoms with E-state index in [2.05, 4.69) is 15.9 Å². The minimum atomic E-state index is 0.0544. The van der Waals surface area contributed by atoms with Crippen LogP contribution >= 0.6 is 50.2 Å². The highest BCUT2D eigenvalue weighted by Gasteiger charge is 2.16. The number of carbonyl (C=O) groups is 1. The van der Waals surface area contributed by atoms with Crippen LogP contribution in [0.25, 0.3) is 0 Å². The van der Waals surface area contributed by atoms with Gasteiger partial charge in [0.15, 0.2) is 0 Å². The Balaban J connectivity index is 2.38. The van der Waals surface area contributed by atoms with Crippen molar-refractivity contribution >= 4 is 56.0 Å². The predicted molar refractivity (Wildman–Crippen MR) is 74.3 cm³/mol. The molecule has 0 spiro atoms. The summed E-state index contributed by atoms with van der Waals surface area (Å²) < 4.78 is 1.40. The van der Waals surface area contributed by atoms with Gasteiger partial charge in [-0.3, -0.25) is 4.79 Å². The molecule has 0 unspecified atom stereocenters. The molecule has 1 nitrogen and oxygen atoms in total. The van der Waals surface area contributed by atoms with Crippen LogP contribution in [-0.4, -0.2) is 5.78 Å². The Bertz CT molecular complexity index is 469. The van der Waals surface area contributed by atoms with Gasteiger partial charge in [0.2, 0.25) is 5.78 Å². The highest BCUT2D eigenvalue weighted by atomic mass is 79.9. The second-order valence-electron chi connectivity index (χ2n) is 3.41. The molecule has 2 aromatic heterocycles. The fourth-order valence-corrected chi connectivity index (χ4v) is 3.97. The SMILES string of the molecule is Cc1cc(C(=O)c2cc(Br)c(Cl)s2)sc1C. The normalized spacial score (nSPS) is 10.8. The van der Waals surface area contributed by atoms with Gasteiger partial charge in [0, 0.05) is 9.35 Å². The van der Waals surface area contributed by atoms with Crippen LogP contribution in [-0.2, 0) is 0 Å². The fraction of sp³-hybridized carbons (Fsp3) is 0.182. The fourth-order valence-electron chi connectivity index (χ4n) is 1.26. The Labute approximate surface area is 115 Å². The molecule has 84 valence electrons. The zero-order valence-electron chi connectivity index (χ0n) is 8.64. The lowest BCUT2D eigenvalue weighted by molar-refractivity contribution is 0.104. The average molecular weight is 336 g/mol. The second kappa shape index (κ2) is 4.61. The smallest absolute Gasteiger partial charge is 0.212 e. The van der Waals surface area contributed by atoms with Crippen molar-refractivity contribution in [2.45, 2.75) is 13.8 Å². The summed E-state index contributed by atoms with van der Waals surface area (Å²) in [5.74, 6) is 0.0544. The molecule has 0 N–H and O–H groups in total. The maximum absolute atomic E-state index is 12.1. The van der Waals surface area contributed by atoms with E-state index in [1.54, 1.807) is 6.07 Å². The van der Waals surface area contributed by atoms with Gasteiger partial charge in [-0.2, -0.15) is 0 Å². The van der Waals surface area contributed by atoms with Crippen molar-refractivity contribution in [3.63, 3.8) is 0 Å². The van der Waals surface area contributed by atoms with E-state index in [0.29, 0.717) is 9.21 Å². The number of halogens is 2. The zero-order valence-corrected chi connectivity index (χ0v) is 12.6. The van der Waals surface area contributed by atoms with E-state index < -0.39 is 0 Å². The molecular weight excluding hydrogens is 328 g/mol. The maximum Gasteiger partial charge on any atom is 0.212 e. The van der Waals surface area contributed by atoms with E-state index in [1.807, 2.05) is 19.9 Å². The van der Waals surface area contributed by atoms with E-state index in [0.717, 1.165) is 14.9 Å². The van der Waals surface area contributed by atoms with Crippen molar-refractivity contribution < 1.29 is 4.79 Å². The van der Waals surface area contributed by atoms with Gasteiger partial charge in [-0.05, 0) is 47.5 Å². The Kier molecular flexibility index (Phi) is 3.54. The molecule has 0 bridgehead atoms. The number of hydrogen-bond acceptors (Lipinski definition) is 3. The summed E-state index contributed by atoms with van der Waals surface area (Å²) in [6.07, 6.45) is 0. The van der Waals surface area contributed by atoms with E-state index in [4.69, 9.17) is 11.6 Å². The Hall–Kier alpha value is -0.160. The first-order valence-electron chi connectivity index (χ1n) is 4.55. The molecule has 0 aliphatic heterocycles. The average Bonchev–Trinajstić information content (AvgIpc) is 2.72. The number of hydrogen-bond donors (Lipinski definition) is 0. The number of rotatable bonds is 2. The van der Waals surface area contributed by atoms with Gasteiger partial charge in [-0.1, -0.05) is 11.6 Å². The van der Waals surface area contributed by atoms with Crippen LogP contribution in [0, 0.1) is 13.8 Å². The molecule has 0 amide bonds. The summed E-state index contributed by atoms with van der Waals surface area (Å²) in [6.45, 7) is 4.04. The topological polar surface area (TPSA) is 17.1 Å². The standard InChI is InChI=1S/C11H8BrClOS2/c1-5-3-8(15-6(5)2)10(14)9-4-7(12)11(13)16-9/h3-4H,1-2H3. The number of ketones is 1. The van der Waals surface area contributed by atoms with Gasteiger partial charge < -0.3 is 0 Å². The molecule has 0 atom stereocenters. The molecule has 0 radical (unpaired) electrons. The molecule has 2 rings (SSSR count). The van der Waals surface area contributed by atoms with Crippen LogP contribution in [0.1, 0.15) is 25.0 Å². The summed E-state index contributed by atoms with van der Waals surface area (Å²) in [4.78, 5) is 14.8. The summed E-state index contributed by atoms with van der Waals surface area (Å²) in [6, 6.07) is 3.71. The highest BCUT2D eigenvalue weighted by Crippen LogP contribution is 2.34. The molecule has 0 saturated heterocycles. The van der Waals surface area contributed by atoms with E-state index in [-0.39, 0.29) is 5.78 Å². The number of thiophene rings is 2. The van der Waals surface area contributed by atoms with Crippen molar-refractivity contribution in [2.75, 3.05) is 0 Å². The van der Waals surface area contributed by atoms with Crippen LogP contribution in [0.15, 0.2) is 16.6 Å². The molecule has 2 aromatic rings. The van der Waals surface area contributed by atoms with E-state index in [1.165, 1.54) is 27.6 Å². The predicted octanol–water partition coefficient (Wildman–Crippen LogP) is 5.07. The van der Waals surface area contributed by atoms with Crippen LogP contribution < -0.4 is 0 Å². The summed E-state index contributed by atoms with van der Waals surface area (Å²) in [5, 5.41) is 0. The van der Waals surface area contributed by atoms with Crippen molar-refractivity contribution in [1.82, 2.24) is 0 Å². The maximum atomic E-state index is 12.1. The number of aryl methyl sites for hydroxylation is 2. The molecule has 0 aliphatic carbocycles. The third-order valence-electron chi connectivity index (χ3n) is 2.26. The molecule has 0 aliphatic rings. The van der Waals surface area contributed by atoms with Gasteiger partial charge in [-0.15, -0.1) is 22.7 Å². The Morgan fingerprint density at radius 2 is 1.88 bits per heavy atom. The van der Waals surface area contributed by atoms with Gasteiger partial charge in [0.25, 0.3) is 0 Å². The zero-order chi connectivity index (χ0) is 11.9. The third kappa shape index (κ3) is 2.25. The molecule has 16 heavy (non-hydrogen) atoms. The summed E-state index contributed by atoms with van der Waals surface area (Å²) in [7, 11) is 0. The molecular formula is C11H8BrClOS2. The largest absolute Gasteiger partial charge is 0.287 e. The van der Waals surface area contributed by atoms with Crippen molar-refractivity contribution in [3.8, 4) is 0 Å². The quantitative estimate of drug-likeness (QED) is 0.700. The molecule has 2 heterocycles. The van der Waals surface area contributed by atoms with Crippen molar-refractivity contribution in [2.24, 2.45) is 0 Å². The lowest BCUT2D eigenvalue weighted by Crippen LogP contribution is -1.94. The second-order valence-corrected chi connectivity index (χ2v) is 7.18. The monoisotopic (exact) mass is 334 g/mol.